The van der Waals surface area contributed by atoms with Gasteiger partial charge in [-0.05, 0) is 53.6 Å². The van der Waals surface area contributed by atoms with Crippen LogP contribution in [0.15, 0.2) is 146 Å². The maximum Gasteiger partial charge on any atom is 0.164 e. The first-order chi connectivity index (χ1) is 23.2. The summed E-state index contributed by atoms with van der Waals surface area (Å²) in [6.45, 7) is 0. The van der Waals surface area contributed by atoms with Crippen molar-refractivity contribution < 1.29 is 0 Å². The van der Waals surface area contributed by atoms with Crippen LogP contribution in [0.2, 0.25) is 0 Å². The van der Waals surface area contributed by atoms with Gasteiger partial charge in [-0.2, -0.15) is 10.5 Å². The molecule has 0 unspecified atom stereocenters. The molecule has 0 spiro atoms. The monoisotopic (exact) mass is 600 g/mol. The standard InChI is InChI=1S/C41H24N6/c42-25-27-10-9-15-31(22-27)33-21-19-32(47-37-17-8-7-16-34(37)35-20-18-28(26-43)23-38(35)47)24-36(33)41-45-39(29-11-3-1-4-12-29)44-40(46-41)30-13-5-2-6-14-30/h1-24H. The van der Waals surface area contributed by atoms with Crippen LogP contribution in [0.4, 0.5) is 0 Å². The number of hydrogen-bond acceptors (Lipinski definition) is 5. The zero-order valence-corrected chi connectivity index (χ0v) is 25.0. The van der Waals surface area contributed by atoms with E-state index in [1.54, 1.807) is 6.07 Å². The molecule has 0 aliphatic carbocycles. The van der Waals surface area contributed by atoms with Gasteiger partial charge in [-0.25, -0.2) is 15.0 Å². The first-order valence-corrected chi connectivity index (χ1v) is 15.2. The van der Waals surface area contributed by atoms with Crippen molar-refractivity contribution in [1.29, 1.82) is 10.5 Å². The molecule has 8 rings (SSSR count). The molecule has 218 valence electrons. The summed E-state index contributed by atoms with van der Waals surface area (Å²) in [4.78, 5) is 15.0. The van der Waals surface area contributed by atoms with Crippen LogP contribution in [0.25, 0.3) is 72.8 Å². The van der Waals surface area contributed by atoms with E-state index < -0.39 is 0 Å². The molecule has 0 aliphatic rings. The molecule has 6 heteroatoms. The summed E-state index contributed by atoms with van der Waals surface area (Å²) in [6.07, 6.45) is 0. The summed E-state index contributed by atoms with van der Waals surface area (Å²) in [5.74, 6) is 1.63. The number of nitriles is 2. The molecule has 0 bridgehead atoms. The molecule has 0 fully saturated rings. The fraction of sp³-hybridized carbons (Fsp3) is 0. The summed E-state index contributed by atoms with van der Waals surface area (Å²) >= 11 is 0. The van der Waals surface area contributed by atoms with Crippen LogP contribution < -0.4 is 0 Å². The van der Waals surface area contributed by atoms with E-state index in [0.29, 0.717) is 28.6 Å². The number of nitrogens with zero attached hydrogens (tertiary/aromatic N) is 6. The van der Waals surface area contributed by atoms with Crippen molar-refractivity contribution in [2.24, 2.45) is 0 Å². The predicted molar refractivity (Wildman–Crippen MR) is 185 cm³/mol. The SMILES string of the molecule is N#Cc1cccc(-c2ccc(-n3c4ccccc4c4ccc(C#N)cc43)cc2-c2nc(-c3ccccc3)nc(-c3ccccc3)n2)c1. The molecule has 0 saturated carbocycles. The van der Waals surface area contributed by atoms with Crippen LogP contribution in [0.5, 0.6) is 0 Å². The van der Waals surface area contributed by atoms with Crippen molar-refractivity contribution >= 4 is 21.8 Å². The van der Waals surface area contributed by atoms with Crippen LogP contribution >= 0.6 is 0 Å². The van der Waals surface area contributed by atoms with Gasteiger partial charge >= 0.3 is 0 Å². The van der Waals surface area contributed by atoms with Gasteiger partial charge in [0.1, 0.15) is 0 Å². The average Bonchev–Trinajstić information content (AvgIpc) is 3.48. The second-order valence-corrected chi connectivity index (χ2v) is 11.2. The van der Waals surface area contributed by atoms with Crippen molar-refractivity contribution in [3.63, 3.8) is 0 Å². The quantitative estimate of drug-likeness (QED) is 0.196. The molecule has 47 heavy (non-hydrogen) atoms. The maximum atomic E-state index is 9.77. The molecule has 0 saturated heterocycles. The zero-order chi connectivity index (χ0) is 31.7. The van der Waals surface area contributed by atoms with Crippen molar-refractivity contribution in [3.8, 4) is 63.1 Å². The normalized spacial score (nSPS) is 10.9. The highest BCUT2D eigenvalue weighted by Crippen LogP contribution is 2.38. The van der Waals surface area contributed by atoms with Gasteiger partial charge in [-0.1, -0.05) is 103 Å². The summed E-state index contributed by atoms with van der Waals surface area (Å²) in [5, 5.41) is 21.6. The van der Waals surface area contributed by atoms with E-state index in [1.165, 1.54) is 0 Å². The van der Waals surface area contributed by atoms with Crippen molar-refractivity contribution in [2.75, 3.05) is 0 Å². The fourth-order valence-corrected chi connectivity index (χ4v) is 6.11. The van der Waals surface area contributed by atoms with Gasteiger partial charge < -0.3 is 4.57 Å². The second kappa shape index (κ2) is 11.6. The molecular weight excluding hydrogens is 576 g/mol. The van der Waals surface area contributed by atoms with Gasteiger partial charge in [0.15, 0.2) is 17.5 Å². The molecule has 6 aromatic carbocycles. The van der Waals surface area contributed by atoms with E-state index in [1.807, 2.05) is 109 Å². The summed E-state index contributed by atoms with van der Waals surface area (Å²) in [5.41, 5.74) is 8.30. The molecule has 6 nitrogen and oxygen atoms in total. The van der Waals surface area contributed by atoms with Crippen LogP contribution in [-0.2, 0) is 0 Å². The molecule has 0 amide bonds. The average molecular weight is 601 g/mol. The summed E-state index contributed by atoms with van der Waals surface area (Å²) in [7, 11) is 0. The van der Waals surface area contributed by atoms with Crippen molar-refractivity contribution in [3.05, 3.63) is 157 Å². The van der Waals surface area contributed by atoms with Crippen LogP contribution in [0, 0.1) is 22.7 Å². The highest BCUT2D eigenvalue weighted by Gasteiger charge is 2.19. The van der Waals surface area contributed by atoms with Gasteiger partial charge in [0, 0.05) is 33.2 Å². The second-order valence-electron chi connectivity index (χ2n) is 11.2. The Morgan fingerprint density at radius 3 is 1.72 bits per heavy atom. The number of hydrogen-bond donors (Lipinski definition) is 0. The predicted octanol–water partition coefficient (Wildman–Crippen LogP) is 9.38. The Bertz CT molecular complexity index is 2480. The Morgan fingerprint density at radius 2 is 1.02 bits per heavy atom. The Labute approximate surface area is 271 Å². The van der Waals surface area contributed by atoms with E-state index in [4.69, 9.17) is 15.0 Å². The van der Waals surface area contributed by atoms with Crippen molar-refractivity contribution in [2.45, 2.75) is 0 Å². The lowest BCUT2D eigenvalue weighted by Crippen LogP contribution is -2.02. The minimum atomic E-state index is 0.510. The Hall–Kier alpha value is -6.89. The lowest BCUT2D eigenvalue weighted by molar-refractivity contribution is 1.07. The highest BCUT2D eigenvalue weighted by atomic mass is 15.0. The van der Waals surface area contributed by atoms with E-state index in [2.05, 4.69) is 47.0 Å². The molecule has 2 heterocycles. The van der Waals surface area contributed by atoms with Gasteiger partial charge in [-0.15, -0.1) is 0 Å². The number of aromatic nitrogens is 4. The topological polar surface area (TPSA) is 91.2 Å². The van der Waals surface area contributed by atoms with Gasteiger partial charge in [0.2, 0.25) is 0 Å². The Balaban J connectivity index is 1.44. The number of fused-ring (bicyclic) bond motifs is 3. The Morgan fingerprint density at radius 1 is 0.426 bits per heavy atom. The van der Waals surface area contributed by atoms with Crippen molar-refractivity contribution in [1.82, 2.24) is 19.5 Å². The minimum Gasteiger partial charge on any atom is -0.309 e. The Kier molecular flexibility index (Phi) is 6.80. The third-order valence-electron chi connectivity index (χ3n) is 8.31. The number of benzene rings is 6. The van der Waals surface area contributed by atoms with E-state index in [9.17, 15) is 10.5 Å². The molecule has 0 N–H and O–H groups in total. The van der Waals surface area contributed by atoms with Gasteiger partial charge in [0.05, 0.1) is 34.3 Å². The molecule has 8 aromatic rings. The third-order valence-corrected chi connectivity index (χ3v) is 8.31. The lowest BCUT2D eigenvalue weighted by Gasteiger charge is -2.15. The van der Waals surface area contributed by atoms with Gasteiger partial charge in [0.25, 0.3) is 0 Å². The largest absolute Gasteiger partial charge is 0.309 e. The molecular formula is C41H24N6. The zero-order valence-electron chi connectivity index (χ0n) is 25.0. The molecule has 0 aliphatic heterocycles. The summed E-state index contributed by atoms with van der Waals surface area (Å²) < 4.78 is 2.18. The van der Waals surface area contributed by atoms with E-state index >= 15 is 0 Å². The number of rotatable bonds is 5. The van der Waals surface area contributed by atoms with E-state index in [-0.39, 0.29) is 0 Å². The molecule has 0 atom stereocenters. The summed E-state index contributed by atoms with van der Waals surface area (Å²) in [6, 6.07) is 52.2. The fourth-order valence-electron chi connectivity index (χ4n) is 6.11. The lowest BCUT2D eigenvalue weighted by atomic mass is 9.96. The smallest absolute Gasteiger partial charge is 0.164 e. The van der Waals surface area contributed by atoms with E-state index in [0.717, 1.165) is 55.3 Å². The molecule has 2 aromatic heterocycles. The highest BCUT2D eigenvalue weighted by molar-refractivity contribution is 6.09. The minimum absolute atomic E-state index is 0.510. The van der Waals surface area contributed by atoms with Crippen LogP contribution in [0.1, 0.15) is 11.1 Å². The molecule has 0 radical (unpaired) electrons. The third kappa shape index (κ3) is 4.97. The first kappa shape index (κ1) is 27.6. The first-order valence-electron chi connectivity index (χ1n) is 15.2. The van der Waals surface area contributed by atoms with Crippen LogP contribution in [-0.4, -0.2) is 19.5 Å². The van der Waals surface area contributed by atoms with Gasteiger partial charge in [-0.3, -0.25) is 0 Å². The van der Waals surface area contributed by atoms with Crippen LogP contribution in [0.3, 0.4) is 0 Å². The maximum absolute atomic E-state index is 9.77. The number of para-hydroxylation sites is 1.